The van der Waals surface area contributed by atoms with Crippen LogP contribution in [0.5, 0.6) is 0 Å². The predicted molar refractivity (Wildman–Crippen MR) is 67.1 cm³/mol. The van der Waals surface area contributed by atoms with Crippen molar-refractivity contribution in [3.05, 3.63) is 65.2 Å². The summed E-state index contributed by atoms with van der Waals surface area (Å²) in [6.07, 6.45) is 0. The lowest BCUT2D eigenvalue weighted by atomic mass is 10.2. The first-order valence-corrected chi connectivity index (χ1v) is 6.28. The highest BCUT2D eigenvalue weighted by Crippen LogP contribution is 2.24. The predicted octanol–water partition coefficient (Wildman–Crippen LogP) is 4.57. The Kier molecular flexibility index (Phi) is 3.79. The van der Waals surface area contributed by atoms with Gasteiger partial charge in [0.1, 0.15) is 0 Å². The third kappa shape index (κ3) is 3.07. The van der Waals surface area contributed by atoms with E-state index in [-0.39, 0.29) is 0 Å². The van der Waals surface area contributed by atoms with E-state index in [9.17, 15) is 8.78 Å². The fourth-order valence-corrected chi connectivity index (χ4v) is 2.33. The molecule has 0 nitrogen and oxygen atoms in total. The van der Waals surface area contributed by atoms with Crippen LogP contribution in [-0.4, -0.2) is 0 Å². The van der Waals surface area contributed by atoms with Crippen LogP contribution in [0, 0.1) is 18.6 Å². The first-order chi connectivity index (χ1) is 8.16. The summed E-state index contributed by atoms with van der Waals surface area (Å²) in [5.41, 5.74) is 1.59. The van der Waals surface area contributed by atoms with Crippen molar-refractivity contribution in [2.24, 2.45) is 0 Å². The van der Waals surface area contributed by atoms with Crippen molar-refractivity contribution >= 4 is 11.8 Å². The molecule has 0 unspecified atom stereocenters. The van der Waals surface area contributed by atoms with Crippen LogP contribution in [0.1, 0.15) is 11.1 Å². The van der Waals surface area contributed by atoms with E-state index in [0.29, 0.717) is 11.3 Å². The molecule has 3 heteroatoms. The molecule has 0 bridgehead atoms. The normalized spacial score (nSPS) is 10.5. The number of benzene rings is 2. The Balaban J connectivity index is 2.07. The van der Waals surface area contributed by atoms with Crippen molar-refractivity contribution in [1.82, 2.24) is 0 Å². The van der Waals surface area contributed by atoms with Crippen LogP contribution in [0.3, 0.4) is 0 Å². The molecular weight excluding hydrogens is 238 g/mol. The molecule has 2 aromatic rings. The third-order valence-electron chi connectivity index (χ3n) is 2.45. The summed E-state index contributed by atoms with van der Waals surface area (Å²) in [6.45, 7) is 2.01. The Morgan fingerprint density at radius 1 is 1.00 bits per heavy atom. The molecule has 0 aromatic heterocycles. The molecule has 88 valence electrons. The quantitative estimate of drug-likeness (QED) is 0.719. The standard InChI is InChI=1S/C14H12F2S/c1-10-5-7-12(8-6-10)17-9-11-3-2-4-13(15)14(11)16/h2-8H,9H2,1H3. The van der Waals surface area contributed by atoms with Crippen molar-refractivity contribution in [3.8, 4) is 0 Å². The molecule has 0 aliphatic carbocycles. The number of rotatable bonds is 3. The molecule has 0 radical (unpaired) electrons. The average molecular weight is 250 g/mol. The summed E-state index contributed by atoms with van der Waals surface area (Å²) in [7, 11) is 0. The highest BCUT2D eigenvalue weighted by molar-refractivity contribution is 7.98. The summed E-state index contributed by atoms with van der Waals surface area (Å²) >= 11 is 1.50. The lowest BCUT2D eigenvalue weighted by Gasteiger charge is -2.04. The molecule has 0 heterocycles. The first kappa shape index (κ1) is 12.1. The van der Waals surface area contributed by atoms with E-state index in [4.69, 9.17) is 0 Å². The topological polar surface area (TPSA) is 0 Å². The Bertz CT molecular complexity index is 506. The lowest BCUT2D eigenvalue weighted by molar-refractivity contribution is 0.502. The number of hydrogen-bond acceptors (Lipinski definition) is 1. The van der Waals surface area contributed by atoms with E-state index in [2.05, 4.69) is 0 Å². The molecule has 2 aromatic carbocycles. The van der Waals surface area contributed by atoms with Crippen LogP contribution in [0.2, 0.25) is 0 Å². The second-order valence-corrected chi connectivity index (χ2v) is 4.86. The van der Waals surface area contributed by atoms with E-state index >= 15 is 0 Å². The Labute approximate surface area is 104 Å². The maximum absolute atomic E-state index is 13.4. The smallest absolute Gasteiger partial charge is 0.162 e. The van der Waals surface area contributed by atoms with Gasteiger partial charge in [0.15, 0.2) is 11.6 Å². The zero-order valence-electron chi connectivity index (χ0n) is 9.41. The van der Waals surface area contributed by atoms with Gasteiger partial charge in [-0.1, -0.05) is 29.8 Å². The average Bonchev–Trinajstić information content (AvgIpc) is 2.33. The molecule has 17 heavy (non-hydrogen) atoms. The molecule has 0 aliphatic heterocycles. The minimum atomic E-state index is -0.785. The molecule has 0 amide bonds. The van der Waals surface area contributed by atoms with Gasteiger partial charge >= 0.3 is 0 Å². The Morgan fingerprint density at radius 3 is 2.41 bits per heavy atom. The number of aryl methyl sites for hydroxylation is 1. The van der Waals surface area contributed by atoms with E-state index in [1.165, 1.54) is 23.4 Å². The summed E-state index contributed by atoms with van der Waals surface area (Å²) in [5.74, 6) is -1.09. The monoisotopic (exact) mass is 250 g/mol. The van der Waals surface area contributed by atoms with Crippen LogP contribution in [0.15, 0.2) is 47.4 Å². The SMILES string of the molecule is Cc1ccc(SCc2cccc(F)c2F)cc1. The van der Waals surface area contributed by atoms with Gasteiger partial charge in [-0.2, -0.15) is 0 Å². The summed E-state index contributed by atoms with van der Waals surface area (Å²) in [6, 6.07) is 12.3. The molecule has 0 N–H and O–H groups in total. The van der Waals surface area contributed by atoms with Gasteiger partial charge in [0.2, 0.25) is 0 Å². The fraction of sp³-hybridized carbons (Fsp3) is 0.143. The molecule has 0 saturated carbocycles. The van der Waals surface area contributed by atoms with Gasteiger partial charge < -0.3 is 0 Å². The molecule has 0 spiro atoms. The Hall–Kier alpha value is -1.35. The maximum Gasteiger partial charge on any atom is 0.162 e. The van der Waals surface area contributed by atoms with Crippen molar-refractivity contribution < 1.29 is 8.78 Å². The van der Waals surface area contributed by atoms with Crippen LogP contribution < -0.4 is 0 Å². The number of hydrogen-bond donors (Lipinski definition) is 0. The minimum absolute atomic E-state index is 0.399. The lowest BCUT2D eigenvalue weighted by Crippen LogP contribution is -1.91. The van der Waals surface area contributed by atoms with Crippen LogP contribution in [-0.2, 0) is 5.75 Å². The first-order valence-electron chi connectivity index (χ1n) is 5.29. The van der Waals surface area contributed by atoms with Gasteiger partial charge in [0.05, 0.1) is 0 Å². The molecule has 0 aliphatic rings. The maximum atomic E-state index is 13.4. The summed E-state index contributed by atoms with van der Waals surface area (Å²) < 4.78 is 26.4. The van der Waals surface area contributed by atoms with E-state index in [1.807, 2.05) is 31.2 Å². The molecule has 0 saturated heterocycles. The van der Waals surface area contributed by atoms with Gasteiger partial charge in [-0.05, 0) is 25.1 Å². The molecule has 0 fully saturated rings. The fourth-order valence-electron chi connectivity index (χ4n) is 1.46. The van der Waals surface area contributed by atoms with Gasteiger partial charge in [0.25, 0.3) is 0 Å². The van der Waals surface area contributed by atoms with Crippen LogP contribution in [0.25, 0.3) is 0 Å². The van der Waals surface area contributed by atoms with Gasteiger partial charge in [-0.25, -0.2) is 8.78 Å². The highest BCUT2D eigenvalue weighted by atomic mass is 32.2. The van der Waals surface area contributed by atoms with Crippen molar-refractivity contribution in [2.45, 2.75) is 17.6 Å². The van der Waals surface area contributed by atoms with Crippen LogP contribution in [0.4, 0.5) is 8.78 Å². The molecular formula is C14H12F2S. The highest BCUT2D eigenvalue weighted by Gasteiger charge is 2.07. The zero-order chi connectivity index (χ0) is 12.3. The van der Waals surface area contributed by atoms with Crippen molar-refractivity contribution in [1.29, 1.82) is 0 Å². The van der Waals surface area contributed by atoms with E-state index < -0.39 is 11.6 Å². The van der Waals surface area contributed by atoms with E-state index in [1.54, 1.807) is 6.07 Å². The molecule has 0 atom stereocenters. The Morgan fingerprint density at radius 2 is 1.71 bits per heavy atom. The summed E-state index contributed by atoms with van der Waals surface area (Å²) in [4.78, 5) is 1.05. The largest absolute Gasteiger partial charge is 0.204 e. The van der Waals surface area contributed by atoms with Crippen molar-refractivity contribution in [2.75, 3.05) is 0 Å². The van der Waals surface area contributed by atoms with E-state index in [0.717, 1.165) is 11.0 Å². The van der Waals surface area contributed by atoms with Crippen LogP contribution >= 0.6 is 11.8 Å². The minimum Gasteiger partial charge on any atom is -0.204 e. The van der Waals surface area contributed by atoms with Crippen molar-refractivity contribution in [3.63, 3.8) is 0 Å². The number of halogens is 2. The third-order valence-corrected chi connectivity index (χ3v) is 3.51. The van der Waals surface area contributed by atoms with Gasteiger partial charge in [-0.15, -0.1) is 11.8 Å². The second kappa shape index (κ2) is 5.32. The van der Waals surface area contributed by atoms with Gasteiger partial charge in [-0.3, -0.25) is 0 Å². The van der Waals surface area contributed by atoms with Gasteiger partial charge in [0, 0.05) is 16.2 Å². The zero-order valence-corrected chi connectivity index (χ0v) is 10.2. The second-order valence-electron chi connectivity index (χ2n) is 3.81. The number of thioether (sulfide) groups is 1. The summed E-state index contributed by atoms with van der Waals surface area (Å²) in [5, 5.41) is 0. The molecule has 2 rings (SSSR count).